The number of anilines is 1. The molecule has 0 atom stereocenters. The lowest BCUT2D eigenvalue weighted by molar-refractivity contribution is 0.318. The lowest BCUT2D eigenvalue weighted by atomic mass is 9.78. The van der Waals surface area contributed by atoms with E-state index in [1.807, 2.05) is 26.3 Å². The molecule has 3 rings (SSSR count). The number of rotatable bonds is 3. The van der Waals surface area contributed by atoms with Crippen LogP contribution in [0.4, 0.5) is 5.82 Å². The van der Waals surface area contributed by atoms with Gasteiger partial charge in [-0.3, -0.25) is 4.99 Å². The van der Waals surface area contributed by atoms with Crippen molar-refractivity contribution in [1.29, 1.82) is 0 Å². The van der Waals surface area contributed by atoms with E-state index in [1.165, 1.54) is 37.7 Å². The average Bonchev–Trinajstić information content (AvgIpc) is 2.65. The molecule has 0 bridgehead atoms. The molecule has 0 saturated heterocycles. The summed E-state index contributed by atoms with van der Waals surface area (Å²) in [6, 6.07) is 2.17. The Morgan fingerprint density at radius 1 is 1.17 bits per heavy atom. The number of aliphatic imine (C=N–C) groups is 2. The number of hydrogen-bond acceptors (Lipinski definition) is 4. The van der Waals surface area contributed by atoms with Crippen LogP contribution in [0.3, 0.4) is 0 Å². The van der Waals surface area contributed by atoms with Gasteiger partial charge < -0.3 is 5.73 Å². The zero-order valence-electron chi connectivity index (χ0n) is 14.8. The first-order chi connectivity index (χ1) is 11.3. The van der Waals surface area contributed by atoms with Gasteiger partial charge in [0.15, 0.2) is 5.84 Å². The van der Waals surface area contributed by atoms with E-state index in [-0.39, 0.29) is 0 Å². The molecule has 0 unspecified atom stereocenters. The van der Waals surface area contributed by atoms with Crippen LogP contribution in [-0.4, -0.2) is 23.6 Å². The van der Waals surface area contributed by atoms with E-state index in [0.717, 1.165) is 30.3 Å². The third-order valence-corrected chi connectivity index (χ3v) is 4.81. The molecule has 4 heteroatoms. The summed E-state index contributed by atoms with van der Waals surface area (Å²) in [7, 11) is 0. The lowest BCUT2D eigenvalue weighted by Crippen LogP contribution is -2.15. The van der Waals surface area contributed by atoms with Crippen molar-refractivity contribution < 1.29 is 0 Å². The number of pyridine rings is 1. The zero-order valence-corrected chi connectivity index (χ0v) is 14.8. The minimum absolute atomic E-state index is 0.541. The van der Waals surface area contributed by atoms with Crippen molar-refractivity contribution >= 4 is 17.9 Å². The van der Waals surface area contributed by atoms with Gasteiger partial charge in [0.05, 0.1) is 5.56 Å². The summed E-state index contributed by atoms with van der Waals surface area (Å²) >= 11 is 0. The van der Waals surface area contributed by atoms with Gasteiger partial charge in [-0.2, -0.15) is 0 Å². The molecule has 1 aromatic heterocycles. The van der Waals surface area contributed by atoms with Crippen LogP contribution in [0.5, 0.6) is 0 Å². The van der Waals surface area contributed by atoms with E-state index in [0.29, 0.717) is 11.7 Å². The first-order valence-corrected chi connectivity index (χ1v) is 9.10. The Bertz CT molecular complexity index is 554. The standard InChI is InChI=1S/C17H24N4.C2H6/c1-2-12-4-6-13(7-5-12)14-10-15(16(18)21-11-14)17-19-8-3-9-20-17;1-2/h8,10-13H,2-7,9H2,1H3,(H2,18,21);1-2H3. The number of amidine groups is 1. The monoisotopic (exact) mass is 314 g/mol. The Hall–Kier alpha value is -1.71. The summed E-state index contributed by atoms with van der Waals surface area (Å²) in [6.45, 7) is 7.09. The van der Waals surface area contributed by atoms with Crippen molar-refractivity contribution in [3.05, 3.63) is 23.4 Å². The van der Waals surface area contributed by atoms with E-state index in [4.69, 9.17) is 5.73 Å². The molecule has 4 nitrogen and oxygen atoms in total. The van der Waals surface area contributed by atoms with Gasteiger partial charge in [0.25, 0.3) is 0 Å². The number of aromatic nitrogens is 1. The van der Waals surface area contributed by atoms with Gasteiger partial charge >= 0.3 is 0 Å². The van der Waals surface area contributed by atoms with E-state index in [9.17, 15) is 0 Å². The number of nitrogens with two attached hydrogens (primary N) is 1. The molecule has 2 N–H and O–H groups in total. The van der Waals surface area contributed by atoms with Gasteiger partial charge in [-0.05, 0) is 49.1 Å². The lowest BCUT2D eigenvalue weighted by Gasteiger charge is -2.28. The van der Waals surface area contributed by atoms with Crippen molar-refractivity contribution in [2.45, 2.75) is 65.2 Å². The second-order valence-corrected chi connectivity index (χ2v) is 6.13. The van der Waals surface area contributed by atoms with Crippen LogP contribution in [0.25, 0.3) is 0 Å². The molecule has 23 heavy (non-hydrogen) atoms. The minimum Gasteiger partial charge on any atom is -0.383 e. The third kappa shape index (κ3) is 4.40. The molecule has 2 heterocycles. The maximum atomic E-state index is 6.03. The van der Waals surface area contributed by atoms with Crippen molar-refractivity contribution in [2.24, 2.45) is 15.9 Å². The van der Waals surface area contributed by atoms with E-state index >= 15 is 0 Å². The summed E-state index contributed by atoms with van der Waals surface area (Å²) in [5.41, 5.74) is 8.23. The SMILES string of the molecule is CC.CCC1CCC(c2cnc(N)c(C3=NCCC=N3)c2)CC1. The molecule has 2 aliphatic rings. The summed E-state index contributed by atoms with van der Waals surface area (Å²) in [5, 5.41) is 0. The average molecular weight is 314 g/mol. The molecule has 0 amide bonds. The molecular weight excluding hydrogens is 284 g/mol. The van der Waals surface area contributed by atoms with Gasteiger partial charge in [-0.15, -0.1) is 0 Å². The molecule has 0 radical (unpaired) electrons. The van der Waals surface area contributed by atoms with E-state index in [2.05, 4.69) is 28.0 Å². The van der Waals surface area contributed by atoms with Crippen LogP contribution in [-0.2, 0) is 0 Å². The molecule has 0 spiro atoms. The van der Waals surface area contributed by atoms with Crippen LogP contribution in [0.15, 0.2) is 22.2 Å². The van der Waals surface area contributed by atoms with Crippen LogP contribution in [0.2, 0.25) is 0 Å². The molecule has 126 valence electrons. The normalized spacial score (nSPS) is 23.7. The highest BCUT2D eigenvalue weighted by Crippen LogP contribution is 2.37. The molecule has 1 aromatic rings. The highest BCUT2D eigenvalue weighted by atomic mass is 15.0. The summed E-state index contributed by atoms with van der Waals surface area (Å²) in [4.78, 5) is 13.2. The summed E-state index contributed by atoms with van der Waals surface area (Å²) < 4.78 is 0. The van der Waals surface area contributed by atoms with Gasteiger partial charge in [0.2, 0.25) is 0 Å². The first-order valence-electron chi connectivity index (χ1n) is 9.10. The fraction of sp³-hybridized carbons (Fsp3) is 0.632. The summed E-state index contributed by atoms with van der Waals surface area (Å²) in [5.74, 6) is 2.82. The van der Waals surface area contributed by atoms with Crippen LogP contribution in [0.1, 0.15) is 76.3 Å². The predicted molar refractivity (Wildman–Crippen MR) is 99.5 cm³/mol. The van der Waals surface area contributed by atoms with Gasteiger partial charge in [-0.1, -0.05) is 27.2 Å². The molecule has 1 aliphatic heterocycles. The summed E-state index contributed by atoms with van der Waals surface area (Å²) in [6.07, 6.45) is 11.3. The Morgan fingerprint density at radius 3 is 2.52 bits per heavy atom. The smallest absolute Gasteiger partial charge is 0.157 e. The Labute approximate surface area is 140 Å². The van der Waals surface area contributed by atoms with Crippen molar-refractivity contribution in [1.82, 2.24) is 4.98 Å². The van der Waals surface area contributed by atoms with E-state index < -0.39 is 0 Å². The zero-order chi connectivity index (χ0) is 16.7. The molecular formula is C19H30N4. The van der Waals surface area contributed by atoms with Gasteiger partial charge in [0.1, 0.15) is 5.82 Å². The van der Waals surface area contributed by atoms with Crippen molar-refractivity contribution in [2.75, 3.05) is 12.3 Å². The fourth-order valence-corrected chi connectivity index (χ4v) is 3.37. The van der Waals surface area contributed by atoms with Crippen molar-refractivity contribution in [3.63, 3.8) is 0 Å². The largest absolute Gasteiger partial charge is 0.383 e. The Morgan fingerprint density at radius 2 is 1.91 bits per heavy atom. The number of nitrogen functional groups attached to an aromatic ring is 1. The topological polar surface area (TPSA) is 63.6 Å². The van der Waals surface area contributed by atoms with Crippen LogP contribution in [0, 0.1) is 5.92 Å². The Kier molecular flexibility index (Phi) is 6.75. The first kappa shape index (κ1) is 17.6. The van der Waals surface area contributed by atoms with E-state index in [1.54, 1.807) is 0 Å². The second kappa shape index (κ2) is 8.80. The predicted octanol–water partition coefficient (Wildman–Crippen LogP) is 4.59. The molecule has 1 saturated carbocycles. The molecule has 1 aliphatic carbocycles. The number of hydrogen-bond donors (Lipinski definition) is 1. The maximum absolute atomic E-state index is 6.03. The molecule has 1 fully saturated rings. The maximum Gasteiger partial charge on any atom is 0.157 e. The third-order valence-electron chi connectivity index (χ3n) is 4.81. The van der Waals surface area contributed by atoms with Crippen LogP contribution >= 0.6 is 0 Å². The highest BCUT2D eigenvalue weighted by molar-refractivity contribution is 6.06. The minimum atomic E-state index is 0.541. The van der Waals surface area contributed by atoms with Gasteiger partial charge in [0, 0.05) is 25.4 Å². The van der Waals surface area contributed by atoms with Crippen molar-refractivity contribution in [3.8, 4) is 0 Å². The molecule has 0 aromatic carbocycles. The number of nitrogens with zero attached hydrogens (tertiary/aromatic N) is 3. The van der Waals surface area contributed by atoms with Crippen LogP contribution < -0.4 is 5.73 Å². The quantitative estimate of drug-likeness (QED) is 0.886. The Balaban J connectivity index is 0.000000924. The fourth-order valence-electron chi connectivity index (χ4n) is 3.37. The van der Waals surface area contributed by atoms with Gasteiger partial charge in [-0.25, -0.2) is 9.98 Å². The highest BCUT2D eigenvalue weighted by Gasteiger charge is 2.22. The second-order valence-electron chi connectivity index (χ2n) is 6.13.